The molecule has 2 aliphatic rings. The van der Waals surface area contributed by atoms with Crippen LogP contribution in [-0.2, 0) is 21.2 Å². The fraction of sp³-hybridized carbons (Fsp3) is 0.562. The van der Waals surface area contributed by atoms with Crippen LogP contribution in [0.15, 0.2) is 23.1 Å². The second kappa shape index (κ2) is 6.22. The Kier molecular flexibility index (Phi) is 4.44. The number of carbonyl (C=O) groups is 1. The monoisotopic (exact) mass is 337 g/mol. The van der Waals surface area contributed by atoms with Gasteiger partial charge in [-0.1, -0.05) is 6.92 Å². The number of rotatable bonds is 4. The maximum Gasteiger partial charge on any atom is 0.243 e. The van der Waals surface area contributed by atoms with E-state index in [0.29, 0.717) is 18.0 Å². The predicted molar refractivity (Wildman–Crippen MR) is 89.0 cm³/mol. The molecule has 0 aliphatic carbocycles. The molecular formula is C16H23N3O3S. The number of amides is 1. The third-order valence-corrected chi connectivity index (χ3v) is 6.53. The summed E-state index contributed by atoms with van der Waals surface area (Å²) in [7, 11) is -1.76. The van der Waals surface area contributed by atoms with E-state index in [1.807, 2.05) is 0 Å². The highest BCUT2D eigenvalue weighted by Gasteiger charge is 2.31. The van der Waals surface area contributed by atoms with Gasteiger partial charge in [-0.3, -0.25) is 4.79 Å². The Balaban J connectivity index is 1.79. The summed E-state index contributed by atoms with van der Waals surface area (Å²) in [6.45, 7) is 5.75. The standard InChI is InChI=1S/C16H23N3O3S/c1-3-6-18-7-9-19(10-8-18)23(21,22)14-4-5-15-13(11-14)12-16(20)17(15)2/h4-5,11H,3,6-10,12H2,1-2H3. The molecule has 0 aromatic heterocycles. The molecule has 3 rings (SSSR count). The Morgan fingerprint density at radius 1 is 1.13 bits per heavy atom. The van der Waals surface area contributed by atoms with Crippen molar-refractivity contribution in [3.63, 3.8) is 0 Å². The fourth-order valence-electron chi connectivity index (χ4n) is 3.27. The van der Waals surface area contributed by atoms with Crippen LogP contribution in [-0.4, -0.2) is 63.3 Å². The molecule has 6 nitrogen and oxygen atoms in total. The van der Waals surface area contributed by atoms with E-state index in [-0.39, 0.29) is 12.3 Å². The number of fused-ring (bicyclic) bond motifs is 1. The molecule has 1 aromatic carbocycles. The molecule has 7 heteroatoms. The molecule has 0 bridgehead atoms. The Morgan fingerprint density at radius 3 is 2.48 bits per heavy atom. The van der Waals surface area contributed by atoms with Crippen LogP contribution >= 0.6 is 0 Å². The summed E-state index contributed by atoms with van der Waals surface area (Å²) in [5, 5.41) is 0. The number of hydrogen-bond donors (Lipinski definition) is 0. The third-order valence-electron chi connectivity index (χ3n) is 4.64. The van der Waals surface area contributed by atoms with Crippen molar-refractivity contribution in [3.05, 3.63) is 23.8 Å². The van der Waals surface area contributed by atoms with Crippen LogP contribution < -0.4 is 4.90 Å². The van der Waals surface area contributed by atoms with Gasteiger partial charge >= 0.3 is 0 Å². The molecule has 0 N–H and O–H groups in total. The van der Waals surface area contributed by atoms with E-state index in [1.54, 1.807) is 34.5 Å². The zero-order valence-electron chi connectivity index (χ0n) is 13.7. The minimum absolute atomic E-state index is 0.00253. The molecule has 0 radical (unpaired) electrons. The Labute approximate surface area is 137 Å². The Bertz CT molecular complexity index is 709. The number of benzene rings is 1. The van der Waals surface area contributed by atoms with Gasteiger partial charge in [-0.15, -0.1) is 0 Å². The number of anilines is 1. The molecule has 2 heterocycles. The first-order chi connectivity index (χ1) is 10.9. The van der Waals surface area contributed by atoms with E-state index in [0.717, 1.165) is 37.3 Å². The van der Waals surface area contributed by atoms with Crippen molar-refractivity contribution in [2.45, 2.75) is 24.7 Å². The summed E-state index contributed by atoms with van der Waals surface area (Å²) in [6, 6.07) is 5.01. The maximum atomic E-state index is 12.8. The van der Waals surface area contributed by atoms with Crippen molar-refractivity contribution in [3.8, 4) is 0 Å². The van der Waals surface area contributed by atoms with Crippen LogP contribution in [0.3, 0.4) is 0 Å². The first-order valence-corrected chi connectivity index (χ1v) is 9.49. The Morgan fingerprint density at radius 2 is 1.83 bits per heavy atom. The SMILES string of the molecule is CCCN1CCN(S(=O)(=O)c2ccc3c(c2)CC(=O)N3C)CC1. The molecule has 0 atom stereocenters. The summed E-state index contributed by atoms with van der Waals surface area (Å²) in [4.78, 5) is 15.9. The lowest BCUT2D eigenvalue weighted by atomic mass is 10.2. The van der Waals surface area contributed by atoms with Crippen LogP contribution in [0.5, 0.6) is 0 Å². The smallest absolute Gasteiger partial charge is 0.243 e. The quantitative estimate of drug-likeness (QED) is 0.820. The average molecular weight is 337 g/mol. The van der Waals surface area contributed by atoms with Crippen molar-refractivity contribution in [1.29, 1.82) is 0 Å². The highest BCUT2D eigenvalue weighted by molar-refractivity contribution is 7.89. The van der Waals surface area contributed by atoms with E-state index in [1.165, 1.54) is 0 Å². The van der Waals surface area contributed by atoms with Gasteiger partial charge in [0.15, 0.2) is 0 Å². The van der Waals surface area contributed by atoms with Gasteiger partial charge in [0.25, 0.3) is 0 Å². The van der Waals surface area contributed by atoms with Crippen molar-refractivity contribution < 1.29 is 13.2 Å². The molecular weight excluding hydrogens is 314 g/mol. The summed E-state index contributed by atoms with van der Waals surface area (Å²) < 4.78 is 27.2. The van der Waals surface area contributed by atoms with Crippen molar-refractivity contribution in [1.82, 2.24) is 9.21 Å². The minimum Gasteiger partial charge on any atom is -0.315 e. The van der Waals surface area contributed by atoms with E-state index < -0.39 is 10.0 Å². The molecule has 2 aliphatic heterocycles. The predicted octanol–water partition coefficient (Wildman–Crippen LogP) is 0.922. The first kappa shape index (κ1) is 16.4. The van der Waals surface area contributed by atoms with Gasteiger partial charge in [0.05, 0.1) is 11.3 Å². The summed E-state index contributed by atoms with van der Waals surface area (Å²) in [5.41, 5.74) is 1.60. The van der Waals surface area contributed by atoms with Crippen LogP contribution in [0.1, 0.15) is 18.9 Å². The van der Waals surface area contributed by atoms with Crippen LogP contribution in [0.25, 0.3) is 0 Å². The number of hydrogen-bond acceptors (Lipinski definition) is 4. The molecule has 0 spiro atoms. The largest absolute Gasteiger partial charge is 0.315 e. The zero-order valence-corrected chi connectivity index (χ0v) is 14.5. The molecule has 0 saturated carbocycles. The van der Waals surface area contributed by atoms with E-state index in [4.69, 9.17) is 0 Å². The maximum absolute atomic E-state index is 12.8. The van der Waals surface area contributed by atoms with E-state index >= 15 is 0 Å². The lowest BCUT2D eigenvalue weighted by Crippen LogP contribution is -2.48. The van der Waals surface area contributed by atoms with E-state index in [9.17, 15) is 13.2 Å². The number of piperazine rings is 1. The highest BCUT2D eigenvalue weighted by atomic mass is 32.2. The van der Waals surface area contributed by atoms with Gasteiger partial charge in [-0.25, -0.2) is 8.42 Å². The van der Waals surface area contributed by atoms with E-state index in [2.05, 4.69) is 11.8 Å². The lowest BCUT2D eigenvalue weighted by molar-refractivity contribution is -0.117. The molecule has 1 aromatic rings. The zero-order chi connectivity index (χ0) is 16.6. The highest BCUT2D eigenvalue weighted by Crippen LogP contribution is 2.30. The lowest BCUT2D eigenvalue weighted by Gasteiger charge is -2.33. The van der Waals surface area contributed by atoms with Crippen molar-refractivity contribution in [2.24, 2.45) is 0 Å². The third kappa shape index (κ3) is 3.00. The van der Waals surface area contributed by atoms with Crippen molar-refractivity contribution >= 4 is 21.6 Å². The van der Waals surface area contributed by atoms with Gasteiger partial charge in [0.2, 0.25) is 15.9 Å². The van der Waals surface area contributed by atoms with Gasteiger partial charge in [-0.05, 0) is 36.7 Å². The van der Waals surface area contributed by atoms with Crippen LogP contribution in [0.4, 0.5) is 5.69 Å². The normalized spacial score (nSPS) is 20.1. The summed E-state index contributed by atoms with van der Waals surface area (Å²) >= 11 is 0. The van der Waals surface area contributed by atoms with Crippen LogP contribution in [0.2, 0.25) is 0 Å². The van der Waals surface area contributed by atoms with Gasteiger partial charge < -0.3 is 9.80 Å². The second-order valence-electron chi connectivity index (χ2n) is 6.17. The average Bonchev–Trinajstić information content (AvgIpc) is 2.82. The second-order valence-corrected chi connectivity index (χ2v) is 8.10. The van der Waals surface area contributed by atoms with Crippen LogP contribution in [0, 0.1) is 0 Å². The van der Waals surface area contributed by atoms with Gasteiger partial charge in [0.1, 0.15) is 0 Å². The Hall–Kier alpha value is -1.44. The number of carbonyl (C=O) groups excluding carboxylic acids is 1. The molecule has 1 fully saturated rings. The topological polar surface area (TPSA) is 60.9 Å². The fourth-order valence-corrected chi connectivity index (χ4v) is 4.74. The molecule has 1 saturated heterocycles. The first-order valence-electron chi connectivity index (χ1n) is 8.05. The molecule has 0 unspecified atom stereocenters. The summed E-state index contributed by atoms with van der Waals surface area (Å²) in [5.74, 6) is 0.00253. The number of nitrogens with zero attached hydrogens (tertiary/aromatic N) is 3. The number of likely N-dealkylation sites (N-methyl/N-ethyl adjacent to an activating group) is 1. The molecule has 23 heavy (non-hydrogen) atoms. The van der Waals surface area contributed by atoms with Crippen molar-refractivity contribution in [2.75, 3.05) is 44.7 Å². The molecule has 126 valence electrons. The minimum atomic E-state index is -3.48. The van der Waals surface area contributed by atoms with Gasteiger partial charge in [-0.2, -0.15) is 4.31 Å². The molecule has 1 amide bonds. The van der Waals surface area contributed by atoms with Gasteiger partial charge in [0, 0.05) is 38.9 Å². The number of sulfonamides is 1. The summed E-state index contributed by atoms with van der Waals surface area (Å²) in [6.07, 6.45) is 1.36.